The fourth-order valence-electron chi connectivity index (χ4n) is 1.34. The zero-order valence-electron chi connectivity index (χ0n) is 8.72. The number of nitroso groups, excluding NO2 is 1. The van der Waals surface area contributed by atoms with Gasteiger partial charge in [0.25, 0.3) is 0 Å². The van der Waals surface area contributed by atoms with E-state index in [0.29, 0.717) is 6.29 Å². The van der Waals surface area contributed by atoms with E-state index >= 15 is 0 Å². The fraction of sp³-hybridized carbons (Fsp3) is 0.556. The van der Waals surface area contributed by atoms with E-state index in [1.807, 2.05) is 0 Å². The predicted molar refractivity (Wildman–Crippen MR) is 52.1 cm³/mol. The van der Waals surface area contributed by atoms with E-state index in [1.165, 1.54) is 17.0 Å². The molecule has 94 valence electrons. The van der Waals surface area contributed by atoms with E-state index in [4.69, 9.17) is 0 Å². The molecule has 1 aromatic heterocycles. The molecule has 0 spiro atoms. The third-order valence-corrected chi connectivity index (χ3v) is 2.13. The molecule has 1 rings (SSSR count). The first-order chi connectivity index (χ1) is 7.98. The zero-order chi connectivity index (χ0) is 12.9. The summed E-state index contributed by atoms with van der Waals surface area (Å²) in [6.07, 6.45) is -2.42. The quantitative estimate of drug-likeness (QED) is 0.573. The summed E-state index contributed by atoms with van der Waals surface area (Å²) in [7, 11) is 0. The summed E-state index contributed by atoms with van der Waals surface area (Å²) >= 11 is 0. The van der Waals surface area contributed by atoms with Gasteiger partial charge in [-0.2, -0.15) is 18.1 Å². The van der Waals surface area contributed by atoms with Gasteiger partial charge in [0.15, 0.2) is 6.04 Å². The number of aromatic nitrogens is 2. The lowest BCUT2D eigenvalue weighted by Gasteiger charge is -2.11. The van der Waals surface area contributed by atoms with E-state index in [9.17, 15) is 22.9 Å². The number of carbonyl (C=O) groups is 1. The van der Waals surface area contributed by atoms with Crippen molar-refractivity contribution < 1.29 is 18.0 Å². The minimum Gasteiger partial charge on any atom is -0.333 e. The maximum absolute atomic E-state index is 12.0. The van der Waals surface area contributed by atoms with Crippen LogP contribution in [0.1, 0.15) is 24.7 Å². The number of aryl methyl sites for hydroxylation is 1. The van der Waals surface area contributed by atoms with Crippen LogP contribution in [0, 0.1) is 4.91 Å². The number of alkyl halides is 3. The molecule has 0 fully saturated rings. The SMILES string of the molecule is O=CCC(N=O)c1nccn1CCC(F)(F)F. The molecular formula is C9H10F3N3O2. The summed E-state index contributed by atoms with van der Waals surface area (Å²) in [5.41, 5.74) is 0. The number of hydrogen-bond acceptors (Lipinski definition) is 4. The molecule has 0 aliphatic heterocycles. The summed E-state index contributed by atoms with van der Waals surface area (Å²) in [5.74, 6) is 0.0800. The molecule has 0 bridgehead atoms. The van der Waals surface area contributed by atoms with Crippen molar-refractivity contribution >= 4 is 6.29 Å². The van der Waals surface area contributed by atoms with Crippen LogP contribution in [0.2, 0.25) is 0 Å². The van der Waals surface area contributed by atoms with Gasteiger partial charge in [0.2, 0.25) is 0 Å². The highest BCUT2D eigenvalue weighted by atomic mass is 19.4. The Balaban J connectivity index is 2.77. The lowest BCUT2D eigenvalue weighted by molar-refractivity contribution is -0.136. The molecule has 0 aliphatic rings. The molecule has 0 N–H and O–H groups in total. The highest BCUT2D eigenvalue weighted by molar-refractivity contribution is 5.50. The molecule has 8 heteroatoms. The van der Waals surface area contributed by atoms with Gasteiger partial charge < -0.3 is 9.36 Å². The Morgan fingerprint density at radius 1 is 1.53 bits per heavy atom. The summed E-state index contributed by atoms with van der Waals surface area (Å²) in [4.78, 5) is 24.5. The van der Waals surface area contributed by atoms with Crippen LogP contribution in [0.25, 0.3) is 0 Å². The fourth-order valence-corrected chi connectivity index (χ4v) is 1.34. The summed E-state index contributed by atoms with van der Waals surface area (Å²) in [6, 6.07) is -1.03. The van der Waals surface area contributed by atoms with Gasteiger partial charge in [-0.1, -0.05) is 5.18 Å². The minimum absolute atomic E-state index is 0.0800. The van der Waals surface area contributed by atoms with E-state index in [1.54, 1.807) is 0 Å². The second-order valence-corrected chi connectivity index (χ2v) is 3.37. The number of rotatable bonds is 6. The average molecular weight is 249 g/mol. The van der Waals surface area contributed by atoms with Crippen LogP contribution < -0.4 is 0 Å². The van der Waals surface area contributed by atoms with Gasteiger partial charge >= 0.3 is 6.18 Å². The molecule has 0 amide bonds. The third-order valence-electron chi connectivity index (χ3n) is 2.13. The van der Waals surface area contributed by atoms with Crippen molar-refractivity contribution in [3.05, 3.63) is 23.1 Å². The van der Waals surface area contributed by atoms with E-state index in [0.717, 1.165) is 0 Å². The van der Waals surface area contributed by atoms with E-state index < -0.39 is 18.6 Å². The maximum atomic E-state index is 12.0. The van der Waals surface area contributed by atoms with Crippen LogP contribution in [0.5, 0.6) is 0 Å². The first-order valence-electron chi connectivity index (χ1n) is 4.82. The summed E-state index contributed by atoms with van der Waals surface area (Å²) in [6.45, 7) is -0.344. The number of imidazole rings is 1. The smallest absolute Gasteiger partial charge is 0.333 e. The highest BCUT2D eigenvalue weighted by Crippen LogP contribution is 2.23. The second kappa shape index (κ2) is 5.55. The van der Waals surface area contributed by atoms with Crippen molar-refractivity contribution in [2.45, 2.75) is 31.6 Å². The van der Waals surface area contributed by atoms with Crippen LogP contribution in [-0.4, -0.2) is 22.0 Å². The Morgan fingerprint density at radius 3 is 2.76 bits per heavy atom. The normalized spacial score (nSPS) is 13.4. The van der Waals surface area contributed by atoms with E-state index in [-0.39, 0.29) is 18.8 Å². The molecular weight excluding hydrogens is 239 g/mol. The van der Waals surface area contributed by atoms with Crippen LogP contribution in [0.4, 0.5) is 13.2 Å². The Bertz CT molecular complexity index is 389. The highest BCUT2D eigenvalue weighted by Gasteiger charge is 2.27. The van der Waals surface area contributed by atoms with Gasteiger partial charge in [-0.15, -0.1) is 0 Å². The van der Waals surface area contributed by atoms with Crippen molar-refractivity contribution in [1.29, 1.82) is 0 Å². The van der Waals surface area contributed by atoms with Gasteiger partial charge in [-0.05, 0) is 0 Å². The number of halogens is 3. The van der Waals surface area contributed by atoms with Crippen LogP contribution in [-0.2, 0) is 11.3 Å². The molecule has 1 heterocycles. The largest absolute Gasteiger partial charge is 0.390 e. The number of hydrogen-bond donors (Lipinski definition) is 0. The molecule has 0 saturated heterocycles. The van der Waals surface area contributed by atoms with Gasteiger partial charge in [0.05, 0.1) is 6.42 Å². The molecule has 0 aromatic carbocycles. The molecule has 0 saturated carbocycles. The predicted octanol–water partition coefficient (Wildman–Crippen LogP) is 2.23. The second-order valence-electron chi connectivity index (χ2n) is 3.37. The third kappa shape index (κ3) is 3.97. The standard InChI is InChI=1S/C9H10F3N3O2/c10-9(11,12)2-4-15-5-3-13-8(15)7(14-17)1-6-16/h3,5-7H,1-2,4H2. The first kappa shape index (κ1) is 13.3. The Labute approximate surface area is 94.6 Å². The summed E-state index contributed by atoms with van der Waals surface area (Å²) in [5, 5.41) is 2.68. The van der Waals surface area contributed by atoms with E-state index in [2.05, 4.69) is 10.2 Å². The summed E-state index contributed by atoms with van der Waals surface area (Å²) < 4.78 is 37.3. The Morgan fingerprint density at radius 2 is 2.24 bits per heavy atom. The van der Waals surface area contributed by atoms with Gasteiger partial charge in [0, 0.05) is 25.4 Å². The van der Waals surface area contributed by atoms with Crippen molar-refractivity contribution in [3.8, 4) is 0 Å². The average Bonchev–Trinajstić information content (AvgIpc) is 2.70. The van der Waals surface area contributed by atoms with Crippen molar-refractivity contribution in [1.82, 2.24) is 9.55 Å². The van der Waals surface area contributed by atoms with Crippen molar-refractivity contribution in [2.75, 3.05) is 0 Å². The zero-order valence-corrected chi connectivity index (χ0v) is 8.72. The van der Waals surface area contributed by atoms with Crippen molar-refractivity contribution in [2.24, 2.45) is 5.18 Å². The molecule has 0 radical (unpaired) electrons. The monoisotopic (exact) mass is 249 g/mol. The molecule has 0 aliphatic carbocycles. The lowest BCUT2D eigenvalue weighted by atomic mass is 10.2. The van der Waals surface area contributed by atoms with Crippen LogP contribution in [0.15, 0.2) is 17.6 Å². The number of nitrogens with zero attached hydrogens (tertiary/aromatic N) is 3. The van der Waals surface area contributed by atoms with Gasteiger partial charge in [0.1, 0.15) is 12.1 Å². The maximum Gasteiger partial charge on any atom is 0.390 e. The Hall–Kier alpha value is -1.73. The van der Waals surface area contributed by atoms with Crippen LogP contribution in [0.3, 0.4) is 0 Å². The molecule has 1 aromatic rings. The molecule has 1 unspecified atom stereocenters. The Kier molecular flexibility index (Phi) is 4.36. The molecule has 17 heavy (non-hydrogen) atoms. The topological polar surface area (TPSA) is 64.3 Å². The molecule has 1 atom stereocenters. The van der Waals surface area contributed by atoms with Crippen molar-refractivity contribution in [3.63, 3.8) is 0 Å². The van der Waals surface area contributed by atoms with Gasteiger partial charge in [-0.3, -0.25) is 0 Å². The molecule has 5 nitrogen and oxygen atoms in total. The number of carbonyl (C=O) groups excluding carboxylic acids is 1. The minimum atomic E-state index is -4.28. The van der Waals surface area contributed by atoms with Gasteiger partial charge in [-0.25, -0.2) is 4.98 Å². The first-order valence-corrected chi connectivity index (χ1v) is 4.82. The lowest BCUT2D eigenvalue weighted by Crippen LogP contribution is -2.15. The van der Waals surface area contributed by atoms with Crippen LogP contribution >= 0.6 is 0 Å². The number of aldehydes is 1.